The number of rotatable bonds is 2. The van der Waals surface area contributed by atoms with Gasteiger partial charge >= 0.3 is 6.18 Å². The van der Waals surface area contributed by atoms with Crippen molar-refractivity contribution in [2.75, 3.05) is 0 Å². The molecular formula is C12H7BrClF3N2. The summed E-state index contributed by atoms with van der Waals surface area (Å²) in [6.45, 7) is 0. The van der Waals surface area contributed by atoms with Gasteiger partial charge in [0.1, 0.15) is 0 Å². The summed E-state index contributed by atoms with van der Waals surface area (Å²) < 4.78 is 39.3. The molecule has 0 aliphatic rings. The molecule has 0 atom stereocenters. The fourth-order valence-corrected chi connectivity index (χ4v) is 1.95. The van der Waals surface area contributed by atoms with Crippen LogP contribution in [0.2, 0.25) is 0 Å². The number of benzene rings is 1. The van der Waals surface area contributed by atoms with Gasteiger partial charge < -0.3 is 0 Å². The average molecular weight is 352 g/mol. The molecular weight excluding hydrogens is 344 g/mol. The molecule has 1 aromatic carbocycles. The second-order valence-electron chi connectivity index (χ2n) is 3.71. The maximum absolute atomic E-state index is 12.8. The van der Waals surface area contributed by atoms with Gasteiger partial charge in [0.15, 0.2) is 11.5 Å². The van der Waals surface area contributed by atoms with E-state index in [1.54, 1.807) is 24.3 Å². The quantitative estimate of drug-likeness (QED) is 0.735. The summed E-state index contributed by atoms with van der Waals surface area (Å²) in [4.78, 5) is 7.49. The van der Waals surface area contributed by atoms with E-state index in [0.717, 1.165) is 10.7 Å². The van der Waals surface area contributed by atoms with Crippen molar-refractivity contribution in [1.82, 2.24) is 9.97 Å². The molecule has 0 saturated carbocycles. The van der Waals surface area contributed by atoms with Crippen molar-refractivity contribution < 1.29 is 13.2 Å². The third-order valence-corrected chi connectivity index (χ3v) is 3.20. The number of hydrogen-bond donors (Lipinski definition) is 0. The highest BCUT2D eigenvalue weighted by molar-refractivity contribution is 9.10. The third kappa shape index (κ3) is 3.25. The van der Waals surface area contributed by atoms with Gasteiger partial charge in [0.25, 0.3) is 0 Å². The molecule has 0 aliphatic heterocycles. The van der Waals surface area contributed by atoms with Gasteiger partial charge in [-0.3, -0.25) is 0 Å². The van der Waals surface area contributed by atoms with Crippen LogP contribution in [0.4, 0.5) is 13.2 Å². The summed E-state index contributed by atoms with van der Waals surface area (Å²) in [5.41, 5.74) is -0.611. The highest BCUT2D eigenvalue weighted by Crippen LogP contribution is 2.32. The maximum atomic E-state index is 12.8. The van der Waals surface area contributed by atoms with Gasteiger partial charge in [0, 0.05) is 21.8 Å². The minimum atomic E-state index is -4.54. The van der Waals surface area contributed by atoms with Gasteiger partial charge in [-0.15, -0.1) is 11.6 Å². The minimum absolute atomic E-state index is 0.0219. The Bertz CT molecular complexity index is 585. The van der Waals surface area contributed by atoms with Gasteiger partial charge in [-0.1, -0.05) is 28.1 Å². The van der Waals surface area contributed by atoms with Crippen molar-refractivity contribution in [2.24, 2.45) is 0 Å². The Balaban J connectivity index is 2.52. The molecule has 0 bridgehead atoms. The van der Waals surface area contributed by atoms with Crippen molar-refractivity contribution in [1.29, 1.82) is 0 Å². The monoisotopic (exact) mass is 350 g/mol. The molecule has 0 spiro atoms. The van der Waals surface area contributed by atoms with Crippen LogP contribution < -0.4 is 0 Å². The first-order chi connectivity index (χ1) is 8.91. The molecule has 0 N–H and O–H groups in total. The van der Waals surface area contributed by atoms with E-state index in [0.29, 0.717) is 5.56 Å². The molecule has 19 heavy (non-hydrogen) atoms. The van der Waals surface area contributed by atoms with E-state index >= 15 is 0 Å². The van der Waals surface area contributed by atoms with Crippen molar-refractivity contribution in [3.05, 3.63) is 46.2 Å². The number of nitrogens with zero attached hydrogens (tertiary/aromatic N) is 2. The zero-order valence-corrected chi connectivity index (χ0v) is 11.7. The van der Waals surface area contributed by atoms with Crippen LogP contribution in [0.25, 0.3) is 11.4 Å². The average Bonchev–Trinajstić information content (AvgIpc) is 2.38. The van der Waals surface area contributed by atoms with Crippen LogP contribution in [0, 0.1) is 0 Å². The largest absolute Gasteiger partial charge is 0.433 e. The predicted octanol–water partition coefficient (Wildman–Crippen LogP) is 4.66. The van der Waals surface area contributed by atoms with Crippen LogP contribution in [0.5, 0.6) is 0 Å². The lowest BCUT2D eigenvalue weighted by Crippen LogP contribution is -2.13. The lowest BCUT2D eigenvalue weighted by molar-refractivity contribution is -0.141. The molecule has 0 radical (unpaired) electrons. The summed E-state index contributed by atoms with van der Waals surface area (Å²) in [5.74, 6) is -0.260. The summed E-state index contributed by atoms with van der Waals surface area (Å²) in [7, 11) is 0. The zero-order valence-electron chi connectivity index (χ0n) is 9.38. The molecule has 0 fully saturated rings. The van der Waals surface area contributed by atoms with Gasteiger partial charge in [-0.25, -0.2) is 9.97 Å². The van der Waals surface area contributed by atoms with Crippen LogP contribution >= 0.6 is 27.5 Å². The molecule has 7 heteroatoms. The van der Waals surface area contributed by atoms with Crippen LogP contribution in [0.3, 0.4) is 0 Å². The van der Waals surface area contributed by atoms with Crippen molar-refractivity contribution in [2.45, 2.75) is 12.1 Å². The number of alkyl halides is 4. The summed E-state index contributed by atoms with van der Waals surface area (Å²) >= 11 is 8.72. The first-order valence-corrected chi connectivity index (χ1v) is 6.49. The second kappa shape index (κ2) is 5.46. The molecule has 2 nitrogen and oxygen atoms in total. The number of halogens is 5. The lowest BCUT2D eigenvalue weighted by Gasteiger charge is -2.11. The molecule has 2 rings (SSSR count). The van der Waals surface area contributed by atoms with E-state index in [1.165, 1.54) is 0 Å². The Morgan fingerprint density at radius 3 is 2.32 bits per heavy atom. The summed E-state index contributed by atoms with van der Waals surface area (Å²) in [5, 5.41) is 0. The fraction of sp³-hybridized carbons (Fsp3) is 0.167. The molecule has 100 valence electrons. The van der Waals surface area contributed by atoms with Crippen LogP contribution in [-0.2, 0) is 12.1 Å². The van der Waals surface area contributed by atoms with Crippen molar-refractivity contribution >= 4 is 27.5 Å². The topological polar surface area (TPSA) is 25.8 Å². The highest BCUT2D eigenvalue weighted by Gasteiger charge is 2.35. The number of aromatic nitrogens is 2. The van der Waals surface area contributed by atoms with Crippen molar-refractivity contribution in [3.63, 3.8) is 0 Å². The van der Waals surface area contributed by atoms with Crippen LogP contribution in [0.15, 0.2) is 34.9 Å². The van der Waals surface area contributed by atoms with E-state index in [9.17, 15) is 13.2 Å². The molecule has 2 aromatic rings. The Morgan fingerprint density at radius 1 is 1.16 bits per heavy atom. The van der Waals surface area contributed by atoms with E-state index < -0.39 is 11.9 Å². The smallest absolute Gasteiger partial charge is 0.236 e. The van der Waals surface area contributed by atoms with E-state index in [4.69, 9.17) is 11.6 Å². The first kappa shape index (κ1) is 14.3. The summed E-state index contributed by atoms with van der Waals surface area (Å²) in [6, 6.07) is 6.70. The Labute approximate surface area is 120 Å². The van der Waals surface area contributed by atoms with Crippen molar-refractivity contribution in [3.8, 4) is 11.4 Å². The van der Waals surface area contributed by atoms with Gasteiger partial charge in [-0.2, -0.15) is 13.2 Å². The number of hydrogen-bond acceptors (Lipinski definition) is 2. The van der Waals surface area contributed by atoms with Gasteiger partial charge in [0.05, 0.1) is 5.88 Å². The highest BCUT2D eigenvalue weighted by atomic mass is 79.9. The predicted molar refractivity (Wildman–Crippen MR) is 69.7 cm³/mol. The van der Waals surface area contributed by atoms with Crippen LogP contribution in [-0.4, -0.2) is 9.97 Å². The minimum Gasteiger partial charge on any atom is -0.236 e. The Kier molecular flexibility index (Phi) is 4.10. The molecule has 0 saturated heterocycles. The Hall–Kier alpha value is -1.14. The lowest BCUT2D eigenvalue weighted by atomic mass is 10.2. The normalized spacial score (nSPS) is 11.6. The third-order valence-electron chi connectivity index (χ3n) is 2.38. The van der Waals surface area contributed by atoms with Gasteiger partial charge in [0.2, 0.25) is 0 Å². The van der Waals surface area contributed by atoms with E-state index in [2.05, 4.69) is 25.9 Å². The standard InChI is InChI=1S/C12H7BrClF3N2/c13-9-3-1-7(2-4-9)11-18-6-8(5-14)10(19-11)12(15,16)17/h1-4,6H,5H2. The fourth-order valence-electron chi connectivity index (χ4n) is 1.49. The van der Waals surface area contributed by atoms with Crippen LogP contribution in [0.1, 0.15) is 11.3 Å². The van der Waals surface area contributed by atoms with E-state index in [-0.39, 0.29) is 17.3 Å². The van der Waals surface area contributed by atoms with Gasteiger partial charge in [-0.05, 0) is 12.1 Å². The molecule has 1 heterocycles. The first-order valence-electron chi connectivity index (χ1n) is 5.17. The molecule has 0 unspecified atom stereocenters. The maximum Gasteiger partial charge on any atom is 0.433 e. The zero-order chi connectivity index (χ0) is 14.0. The SMILES string of the molecule is FC(F)(F)c1nc(-c2ccc(Br)cc2)ncc1CCl. The second-order valence-corrected chi connectivity index (χ2v) is 4.89. The molecule has 0 aliphatic carbocycles. The Morgan fingerprint density at radius 2 is 1.79 bits per heavy atom. The van der Waals surface area contributed by atoms with E-state index in [1.807, 2.05) is 0 Å². The molecule has 0 amide bonds. The molecule has 1 aromatic heterocycles. The summed E-state index contributed by atoms with van der Waals surface area (Å²) in [6.07, 6.45) is -3.43.